The predicted molar refractivity (Wildman–Crippen MR) is 99.5 cm³/mol. The lowest BCUT2D eigenvalue weighted by atomic mass is 10.0. The highest BCUT2D eigenvalue weighted by Gasteiger charge is 2.21. The minimum Gasteiger partial charge on any atom is -0.280 e. The van der Waals surface area contributed by atoms with Crippen molar-refractivity contribution >= 4 is 38.3 Å². The van der Waals surface area contributed by atoms with Crippen LogP contribution in [0.2, 0.25) is 5.02 Å². The van der Waals surface area contributed by atoms with E-state index in [1.165, 1.54) is 12.3 Å². The molecule has 3 aromatic rings. The quantitative estimate of drug-likeness (QED) is 0.668. The number of para-hydroxylation sites is 1. The van der Waals surface area contributed by atoms with Crippen molar-refractivity contribution in [2.75, 3.05) is 4.72 Å². The van der Waals surface area contributed by atoms with Gasteiger partial charge < -0.3 is 0 Å². The molecule has 0 aliphatic rings. The number of fused-ring (bicyclic) bond motifs is 1. The molecule has 25 heavy (non-hydrogen) atoms. The first-order valence-corrected chi connectivity index (χ1v) is 9.90. The van der Waals surface area contributed by atoms with Crippen molar-refractivity contribution in [3.05, 3.63) is 47.2 Å². The van der Waals surface area contributed by atoms with Gasteiger partial charge in [0.1, 0.15) is 4.90 Å². The Balaban J connectivity index is 1.94. The summed E-state index contributed by atoms with van der Waals surface area (Å²) in [6, 6.07) is 8.24. The van der Waals surface area contributed by atoms with Gasteiger partial charge in [-0.15, -0.1) is 0 Å². The van der Waals surface area contributed by atoms with Gasteiger partial charge in [0, 0.05) is 23.3 Å². The molecule has 132 valence electrons. The highest BCUT2D eigenvalue weighted by Crippen LogP contribution is 2.28. The first-order chi connectivity index (χ1) is 11.9. The Hall–Kier alpha value is -2.12. The van der Waals surface area contributed by atoms with Crippen LogP contribution in [0, 0.1) is 0 Å². The number of aromatic nitrogens is 3. The molecule has 0 bridgehead atoms. The van der Waals surface area contributed by atoms with Crippen LogP contribution in [0.4, 0.5) is 5.82 Å². The fourth-order valence-corrected chi connectivity index (χ4v) is 4.13. The molecule has 0 aliphatic carbocycles. The average Bonchev–Trinajstić information content (AvgIpc) is 3.03. The van der Waals surface area contributed by atoms with Crippen molar-refractivity contribution in [1.29, 1.82) is 0 Å². The van der Waals surface area contributed by atoms with Crippen LogP contribution in [-0.2, 0) is 10.0 Å². The highest BCUT2D eigenvalue weighted by atomic mass is 35.5. The van der Waals surface area contributed by atoms with Gasteiger partial charge in [0.05, 0.1) is 10.5 Å². The number of hydrogen-bond acceptors (Lipinski definition) is 4. The van der Waals surface area contributed by atoms with E-state index in [1.54, 1.807) is 24.3 Å². The maximum absolute atomic E-state index is 12.8. The van der Waals surface area contributed by atoms with Gasteiger partial charge in [-0.2, -0.15) is 5.10 Å². The van der Waals surface area contributed by atoms with Gasteiger partial charge >= 0.3 is 0 Å². The van der Waals surface area contributed by atoms with E-state index in [9.17, 15) is 8.42 Å². The van der Waals surface area contributed by atoms with Gasteiger partial charge in [-0.05, 0) is 24.5 Å². The number of nitrogens with zero attached hydrogens (tertiary/aromatic N) is 2. The number of H-pyrrole nitrogens is 1. The molecule has 1 unspecified atom stereocenters. The van der Waals surface area contributed by atoms with E-state index in [2.05, 4.69) is 33.8 Å². The lowest BCUT2D eigenvalue weighted by molar-refractivity contribution is 0.601. The Morgan fingerprint density at radius 1 is 1.32 bits per heavy atom. The van der Waals surface area contributed by atoms with Crippen molar-refractivity contribution in [3.63, 3.8) is 0 Å². The first-order valence-electron chi connectivity index (χ1n) is 8.03. The molecule has 0 amide bonds. The molecule has 2 aromatic heterocycles. The van der Waals surface area contributed by atoms with Crippen molar-refractivity contribution in [2.24, 2.45) is 0 Å². The van der Waals surface area contributed by atoms with Crippen LogP contribution in [0.3, 0.4) is 0 Å². The summed E-state index contributed by atoms with van der Waals surface area (Å²) >= 11 is 6.13. The second-order valence-electron chi connectivity index (χ2n) is 5.95. The summed E-state index contributed by atoms with van der Waals surface area (Å²) in [6.45, 7) is 4.18. The number of halogens is 1. The smallest absolute Gasteiger partial charge is 0.265 e. The van der Waals surface area contributed by atoms with Crippen molar-refractivity contribution < 1.29 is 8.42 Å². The van der Waals surface area contributed by atoms with Gasteiger partial charge in [0.15, 0.2) is 5.82 Å². The Labute approximate surface area is 151 Å². The van der Waals surface area contributed by atoms with Gasteiger partial charge in [0.25, 0.3) is 10.0 Å². The van der Waals surface area contributed by atoms with Gasteiger partial charge in [-0.3, -0.25) is 14.8 Å². The summed E-state index contributed by atoms with van der Waals surface area (Å²) in [5.74, 6) is 0.547. The predicted octanol–water partition coefficient (Wildman–Crippen LogP) is 4.32. The molecule has 0 saturated carbocycles. The molecule has 0 aliphatic heterocycles. The molecule has 8 heteroatoms. The minimum absolute atomic E-state index is 0.0682. The number of aromatic amines is 1. The maximum atomic E-state index is 12.8. The maximum Gasteiger partial charge on any atom is 0.265 e. The fraction of sp³-hybridized carbons (Fsp3) is 0.294. The van der Waals surface area contributed by atoms with E-state index < -0.39 is 10.0 Å². The molecule has 0 spiro atoms. The average molecular weight is 379 g/mol. The van der Waals surface area contributed by atoms with Crippen molar-refractivity contribution in [2.45, 2.75) is 37.5 Å². The molecule has 0 fully saturated rings. The lowest BCUT2D eigenvalue weighted by Gasteiger charge is -2.09. The van der Waals surface area contributed by atoms with Gasteiger partial charge in [0.2, 0.25) is 0 Å². The monoisotopic (exact) mass is 378 g/mol. The number of rotatable bonds is 6. The molecule has 3 rings (SSSR count). The standard InChI is InChI=1S/C17H19ClN4O2S/c1-3-5-11(2)14-10-16(21-20-14)22-25(23,24)15-7-4-6-12-13(18)8-9-19-17(12)15/h4,6-11H,3,5H2,1-2H3,(H2,20,21,22). The van der Waals surface area contributed by atoms with E-state index in [1.807, 2.05) is 0 Å². The number of anilines is 1. The minimum atomic E-state index is -3.83. The van der Waals surface area contributed by atoms with Crippen LogP contribution < -0.4 is 4.72 Å². The summed E-state index contributed by atoms with van der Waals surface area (Å²) < 4.78 is 28.1. The lowest BCUT2D eigenvalue weighted by Crippen LogP contribution is -2.14. The van der Waals surface area contributed by atoms with Crippen LogP contribution in [0.5, 0.6) is 0 Å². The number of pyridine rings is 1. The largest absolute Gasteiger partial charge is 0.280 e. The molecule has 1 aromatic carbocycles. The highest BCUT2D eigenvalue weighted by molar-refractivity contribution is 7.93. The topological polar surface area (TPSA) is 87.7 Å². The third kappa shape index (κ3) is 3.62. The SMILES string of the molecule is CCCC(C)c1cc(NS(=O)(=O)c2cccc3c(Cl)ccnc23)n[nH]1. The van der Waals surface area contributed by atoms with E-state index in [0.29, 0.717) is 15.9 Å². The van der Waals surface area contributed by atoms with Crippen LogP contribution >= 0.6 is 11.6 Å². The molecule has 0 saturated heterocycles. The Morgan fingerprint density at radius 2 is 2.12 bits per heavy atom. The van der Waals surface area contributed by atoms with E-state index in [4.69, 9.17) is 11.6 Å². The van der Waals surface area contributed by atoms with Crippen molar-refractivity contribution in [1.82, 2.24) is 15.2 Å². The zero-order valence-electron chi connectivity index (χ0n) is 14.0. The molecular weight excluding hydrogens is 360 g/mol. The Bertz CT molecular complexity index is 1000. The zero-order chi connectivity index (χ0) is 18.0. The normalized spacial score (nSPS) is 13.1. The van der Waals surface area contributed by atoms with Crippen molar-refractivity contribution in [3.8, 4) is 0 Å². The number of hydrogen-bond donors (Lipinski definition) is 2. The van der Waals surface area contributed by atoms with Gasteiger partial charge in [-0.25, -0.2) is 8.42 Å². The molecule has 6 nitrogen and oxygen atoms in total. The molecule has 2 N–H and O–H groups in total. The fourth-order valence-electron chi connectivity index (χ4n) is 2.75. The van der Waals surface area contributed by atoms with Gasteiger partial charge in [-0.1, -0.05) is 44.0 Å². The van der Waals surface area contributed by atoms with Crippen LogP contribution in [-0.4, -0.2) is 23.6 Å². The second-order valence-corrected chi connectivity index (χ2v) is 8.01. The van der Waals surface area contributed by atoms with E-state index in [-0.39, 0.29) is 16.6 Å². The Morgan fingerprint density at radius 3 is 2.88 bits per heavy atom. The zero-order valence-corrected chi connectivity index (χ0v) is 15.5. The van der Waals surface area contributed by atoms with Crippen LogP contribution in [0.15, 0.2) is 41.4 Å². The van der Waals surface area contributed by atoms with Crippen LogP contribution in [0.1, 0.15) is 38.3 Å². The first kappa shape index (κ1) is 17.7. The molecule has 2 heterocycles. The molecular formula is C17H19ClN4O2S. The molecule has 1 atom stereocenters. The second kappa shape index (κ2) is 7.01. The number of nitrogens with one attached hydrogen (secondary N) is 2. The Kier molecular flexibility index (Phi) is 4.96. The summed E-state index contributed by atoms with van der Waals surface area (Å²) in [6.07, 6.45) is 3.53. The van der Waals surface area contributed by atoms with Crippen LogP contribution in [0.25, 0.3) is 10.9 Å². The summed E-state index contributed by atoms with van der Waals surface area (Å²) in [5.41, 5.74) is 1.23. The number of benzene rings is 1. The molecule has 0 radical (unpaired) electrons. The number of sulfonamides is 1. The summed E-state index contributed by atoms with van der Waals surface area (Å²) in [7, 11) is -3.83. The van der Waals surface area contributed by atoms with E-state index >= 15 is 0 Å². The third-order valence-electron chi connectivity index (χ3n) is 4.06. The summed E-state index contributed by atoms with van der Waals surface area (Å²) in [5, 5.41) is 8.01. The third-order valence-corrected chi connectivity index (χ3v) is 5.78. The summed E-state index contributed by atoms with van der Waals surface area (Å²) in [4.78, 5) is 4.24. The van der Waals surface area contributed by atoms with E-state index in [0.717, 1.165) is 18.5 Å².